The molecule has 0 bridgehead atoms. The van der Waals surface area contributed by atoms with E-state index in [1.165, 1.54) is 5.69 Å². The third-order valence-electron chi connectivity index (χ3n) is 4.32. The van der Waals surface area contributed by atoms with Crippen LogP contribution >= 0.6 is 0 Å². The van der Waals surface area contributed by atoms with Crippen LogP contribution in [-0.4, -0.2) is 48.7 Å². The number of nitrogens with zero attached hydrogens (tertiary/aromatic N) is 6. The van der Waals surface area contributed by atoms with E-state index in [2.05, 4.69) is 38.7 Å². The van der Waals surface area contributed by atoms with Crippen LogP contribution in [0.2, 0.25) is 0 Å². The molecule has 3 aromatic rings. The third-order valence-corrected chi connectivity index (χ3v) is 4.32. The Morgan fingerprint density at radius 3 is 3.04 bits per heavy atom. The first-order chi connectivity index (χ1) is 11.2. The second kappa shape index (κ2) is 5.75. The zero-order valence-electron chi connectivity index (χ0n) is 13.4. The number of ether oxygens (including phenoxy) is 1. The topological polar surface area (TPSA) is 60.5 Å². The Bertz CT molecular complexity index is 823. The molecule has 4 heterocycles. The second-order valence-corrected chi connectivity index (χ2v) is 6.02. The standard InChI is InChI=1S/C16H20N6O/c1-12-4-3-5-15-18-13(9-22(12)15)8-21-6-7-23-14(10-21)16-19-17-11-20(16)2/h3-5,9,11,14H,6-8,10H2,1-2H3. The number of hydrogen-bond acceptors (Lipinski definition) is 5. The lowest BCUT2D eigenvalue weighted by atomic mass is 10.2. The highest BCUT2D eigenvalue weighted by atomic mass is 16.5. The molecule has 1 atom stereocenters. The third kappa shape index (κ3) is 2.73. The maximum atomic E-state index is 5.86. The molecule has 1 aliphatic heterocycles. The van der Waals surface area contributed by atoms with Crippen LogP contribution in [0.3, 0.4) is 0 Å². The first-order valence-electron chi connectivity index (χ1n) is 7.82. The average molecular weight is 312 g/mol. The molecule has 0 spiro atoms. The van der Waals surface area contributed by atoms with Crippen LogP contribution in [0, 0.1) is 6.92 Å². The summed E-state index contributed by atoms with van der Waals surface area (Å²) in [7, 11) is 1.95. The van der Waals surface area contributed by atoms with Gasteiger partial charge in [-0.3, -0.25) is 4.90 Å². The summed E-state index contributed by atoms with van der Waals surface area (Å²) in [5.41, 5.74) is 3.27. The molecule has 1 aliphatic rings. The molecule has 1 saturated heterocycles. The summed E-state index contributed by atoms with van der Waals surface area (Å²) in [6, 6.07) is 6.18. The summed E-state index contributed by atoms with van der Waals surface area (Å²) in [4.78, 5) is 7.08. The number of aryl methyl sites for hydroxylation is 2. The van der Waals surface area contributed by atoms with Gasteiger partial charge in [0.05, 0.1) is 12.3 Å². The number of morpholine rings is 1. The van der Waals surface area contributed by atoms with Crippen molar-refractivity contribution in [1.29, 1.82) is 0 Å². The maximum Gasteiger partial charge on any atom is 0.163 e. The highest BCUT2D eigenvalue weighted by Crippen LogP contribution is 2.21. The van der Waals surface area contributed by atoms with Crippen molar-refractivity contribution in [2.24, 2.45) is 7.05 Å². The van der Waals surface area contributed by atoms with Crippen LogP contribution in [0.1, 0.15) is 23.3 Å². The predicted octanol–water partition coefficient (Wildman–Crippen LogP) is 1.34. The molecular formula is C16H20N6O. The number of fused-ring (bicyclic) bond motifs is 1. The average Bonchev–Trinajstić information content (AvgIpc) is 3.14. The number of rotatable bonds is 3. The number of imidazole rings is 1. The molecule has 0 saturated carbocycles. The fraction of sp³-hybridized carbons (Fsp3) is 0.438. The Balaban J connectivity index is 1.51. The van der Waals surface area contributed by atoms with Crippen molar-refractivity contribution in [3.05, 3.63) is 47.9 Å². The molecule has 0 amide bonds. The van der Waals surface area contributed by atoms with Crippen molar-refractivity contribution in [1.82, 2.24) is 29.0 Å². The monoisotopic (exact) mass is 312 g/mol. The largest absolute Gasteiger partial charge is 0.368 e. The van der Waals surface area contributed by atoms with E-state index in [-0.39, 0.29) is 6.10 Å². The molecule has 1 unspecified atom stereocenters. The van der Waals surface area contributed by atoms with E-state index < -0.39 is 0 Å². The number of hydrogen-bond donors (Lipinski definition) is 0. The van der Waals surface area contributed by atoms with Crippen LogP contribution < -0.4 is 0 Å². The molecule has 0 aliphatic carbocycles. The normalized spacial score (nSPS) is 19.5. The van der Waals surface area contributed by atoms with Crippen molar-refractivity contribution >= 4 is 5.65 Å². The fourth-order valence-electron chi connectivity index (χ4n) is 3.09. The molecule has 0 N–H and O–H groups in total. The molecule has 0 radical (unpaired) electrons. The van der Waals surface area contributed by atoms with Crippen LogP contribution in [-0.2, 0) is 18.3 Å². The van der Waals surface area contributed by atoms with Gasteiger partial charge in [0, 0.05) is 38.6 Å². The first-order valence-corrected chi connectivity index (χ1v) is 7.82. The quantitative estimate of drug-likeness (QED) is 0.730. The molecule has 1 fully saturated rings. The lowest BCUT2D eigenvalue weighted by Gasteiger charge is -2.31. The number of aromatic nitrogens is 5. The molecule has 0 aromatic carbocycles. The van der Waals surface area contributed by atoms with Gasteiger partial charge in [-0.1, -0.05) is 6.07 Å². The van der Waals surface area contributed by atoms with E-state index in [1.54, 1.807) is 6.33 Å². The maximum absolute atomic E-state index is 5.86. The summed E-state index contributed by atoms with van der Waals surface area (Å²) in [6.07, 6.45) is 3.80. The van der Waals surface area contributed by atoms with Gasteiger partial charge in [0.15, 0.2) is 5.82 Å². The summed E-state index contributed by atoms with van der Waals surface area (Å²) in [5.74, 6) is 0.876. The fourth-order valence-corrected chi connectivity index (χ4v) is 3.09. The minimum absolute atomic E-state index is 0.0324. The Hall–Kier alpha value is -2.25. The molecule has 120 valence electrons. The van der Waals surface area contributed by atoms with Crippen molar-refractivity contribution in [2.45, 2.75) is 19.6 Å². The SMILES string of the molecule is Cc1cccc2nc(CN3CCOC(c4nncn4C)C3)cn12. The van der Waals surface area contributed by atoms with E-state index >= 15 is 0 Å². The Kier molecular flexibility index (Phi) is 3.59. The first kappa shape index (κ1) is 14.3. The van der Waals surface area contributed by atoms with Crippen molar-refractivity contribution < 1.29 is 4.74 Å². The Morgan fingerprint density at radius 2 is 2.26 bits per heavy atom. The van der Waals surface area contributed by atoms with Crippen molar-refractivity contribution in [2.75, 3.05) is 19.7 Å². The summed E-state index contributed by atoms with van der Waals surface area (Å²) < 4.78 is 9.91. The minimum Gasteiger partial charge on any atom is -0.368 e. The van der Waals surface area contributed by atoms with Gasteiger partial charge in [-0.05, 0) is 19.1 Å². The van der Waals surface area contributed by atoms with Gasteiger partial charge in [-0.25, -0.2) is 4.98 Å². The number of pyridine rings is 1. The highest BCUT2D eigenvalue weighted by Gasteiger charge is 2.25. The van der Waals surface area contributed by atoms with Gasteiger partial charge in [0.25, 0.3) is 0 Å². The van der Waals surface area contributed by atoms with Gasteiger partial charge in [-0.2, -0.15) is 0 Å². The molecule has 7 nitrogen and oxygen atoms in total. The van der Waals surface area contributed by atoms with Gasteiger partial charge in [-0.15, -0.1) is 10.2 Å². The van der Waals surface area contributed by atoms with E-state index in [0.29, 0.717) is 6.61 Å². The van der Waals surface area contributed by atoms with Crippen molar-refractivity contribution in [3.8, 4) is 0 Å². The molecule has 23 heavy (non-hydrogen) atoms. The van der Waals surface area contributed by atoms with E-state index in [1.807, 2.05) is 23.7 Å². The predicted molar refractivity (Wildman–Crippen MR) is 84.9 cm³/mol. The lowest BCUT2D eigenvalue weighted by molar-refractivity contribution is -0.0388. The van der Waals surface area contributed by atoms with Gasteiger partial charge >= 0.3 is 0 Å². The Morgan fingerprint density at radius 1 is 1.35 bits per heavy atom. The van der Waals surface area contributed by atoms with Crippen LogP contribution in [0.15, 0.2) is 30.7 Å². The molecular weight excluding hydrogens is 292 g/mol. The Labute approximate surface area is 134 Å². The van der Waals surface area contributed by atoms with E-state index in [9.17, 15) is 0 Å². The van der Waals surface area contributed by atoms with Gasteiger partial charge < -0.3 is 13.7 Å². The van der Waals surface area contributed by atoms with Crippen LogP contribution in [0.4, 0.5) is 0 Å². The summed E-state index contributed by atoms with van der Waals surface area (Å²) in [5, 5.41) is 8.11. The molecule has 4 rings (SSSR count). The van der Waals surface area contributed by atoms with Crippen LogP contribution in [0.5, 0.6) is 0 Å². The van der Waals surface area contributed by atoms with Crippen LogP contribution in [0.25, 0.3) is 5.65 Å². The summed E-state index contributed by atoms with van der Waals surface area (Å²) in [6.45, 7) is 5.32. The van der Waals surface area contributed by atoms with Crippen molar-refractivity contribution in [3.63, 3.8) is 0 Å². The van der Waals surface area contributed by atoms with E-state index in [4.69, 9.17) is 9.72 Å². The highest BCUT2D eigenvalue weighted by molar-refractivity contribution is 5.41. The minimum atomic E-state index is -0.0324. The molecule has 3 aromatic heterocycles. The smallest absolute Gasteiger partial charge is 0.163 e. The van der Waals surface area contributed by atoms with Gasteiger partial charge in [0.1, 0.15) is 18.1 Å². The lowest BCUT2D eigenvalue weighted by Crippen LogP contribution is -2.38. The van der Waals surface area contributed by atoms with E-state index in [0.717, 1.165) is 36.8 Å². The van der Waals surface area contributed by atoms with Gasteiger partial charge in [0.2, 0.25) is 0 Å². The second-order valence-electron chi connectivity index (χ2n) is 6.02. The zero-order chi connectivity index (χ0) is 15.8. The summed E-state index contributed by atoms with van der Waals surface area (Å²) >= 11 is 0. The zero-order valence-corrected chi connectivity index (χ0v) is 13.4. The molecule has 7 heteroatoms.